The smallest absolute Gasteiger partial charge is 0.249 e. The molecule has 0 aliphatic carbocycles. The molecule has 2 aliphatic heterocycles. The molecule has 4 heteroatoms. The molecule has 0 saturated carbocycles. The molecule has 1 amide bonds. The molecule has 0 radical (unpaired) electrons. The number of para-hydroxylation sites is 1. The number of hydrogen-bond donors (Lipinski definition) is 0. The predicted octanol–water partition coefficient (Wildman–Crippen LogP) is 2.98. The number of carbonyl (C=O) groups is 2. The van der Waals surface area contributed by atoms with E-state index in [9.17, 15) is 9.59 Å². The molecule has 1 atom stereocenters. The number of allylic oxidation sites excluding steroid dienone is 1. The van der Waals surface area contributed by atoms with Crippen LogP contribution in [0.1, 0.15) is 43.5 Å². The maximum Gasteiger partial charge on any atom is 0.249 e. The predicted molar refractivity (Wildman–Crippen MR) is 84.0 cm³/mol. The molecule has 1 spiro atoms. The highest BCUT2D eigenvalue weighted by Gasteiger charge is 2.46. The largest absolute Gasteiger partial charge is 0.484 e. The van der Waals surface area contributed by atoms with Gasteiger partial charge in [0.15, 0.2) is 5.78 Å². The molecule has 1 aromatic rings. The molecule has 22 heavy (non-hydrogen) atoms. The van der Waals surface area contributed by atoms with Gasteiger partial charge in [-0.05, 0) is 25.5 Å². The van der Waals surface area contributed by atoms with E-state index in [4.69, 9.17) is 4.74 Å². The second-order valence-electron chi connectivity index (χ2n) is 6.15. The van der Waals surface area contributed by atoms with Crippen molar-refractivity contribution in [1.82, 2.24) is 4.90 Å². The van der Waals surface area contributed by atoms with Crippen LogP contribution < -0.4 is 4.74 Å². The Balaban J connectivity index is 1.79. The maximum absolute atomic E-state index is 12.4. The van der Waals surface area contributed by atoms with Gasteiger partial charge < -0.3 is 9.64 Å². The molecule has 1 unspecified atom stereocenters. The molecule has 4 nitrogen and oxygen atoms in total. The Morgan fingerprint density at radius 2 is 2.18 bits per heavy atom. The Bertz CT molecular complexity index is 649. The molecule has 2 aliphatic rings. The van der Waals surface area contributed by atoms with E-state index in [1.54, 1.807) is 6.07 Å². The molecular weight excluding hydrogens is 278 g/mol. The van der Waals surface area contributed by atoms with Gasteiger partial charge in [-0.1, -0.05) is 25.1 Å². The van der Waals surface area contributed by atoms with Crippen LogP contribution in [0.5, 0.6) is 5.75 Å². The number of carbonyl (C=O) groups excluding carboxylic acids is 2. The van der Waals surface area contributed by atoms with Crippen LogP contribution in [-0.4, -0.2) is 35.3 Å². The molecule has 0 aromatic heterocycles. The third-order valence-electron chi connectivity index (χ3n) is 4.45. The summed E-state index contributed by atoms with van der Waals surface area (Å²) >= 11 is 0. The number of ketones is 1. The first-order chi connectivity index (χ1) is 10.5. The number of Topliss-reactive ketones (excluding diaryl/α,β-unsaturated/α-hetero) is 1. The lowest BCUT2D eigenvalue weighted by molar-refractivity contribution is -0.126. The Kier molecular flexibility index (Phi) is 3.77. The SMILES string of the molecule is CC/C=C(\C)C(=O)N1CCC2(CC(=O)c3ccccc3O2)C1. The average Bonchev–Trinajstić information content (AvgIpc) is 2.90. The molecule has 2 heterocycles. The van der Waals surface area contributed by atoms with Crippen molar-refractivity contribution >= 4 is 11.7 Å². The summed E-state index contributed by atoms with van der Waals surface area (Å²) in [6, 6.07) is 7.36. The number of likely N-dealkylation sites (tertiary alicyclic amines) is 1. The fourth-order valence-corrected chi connectivity index (χ4v) is 3.33. The number of ether oxygens (including phenoxy) is 1. The molecule has 116 valence electrons. The van der Waals surface area contributed by atoms with Crippen LogP contribution in [0.4, 0.5) is 0 Å². The normalized spacial score (nSPS) is 24.4. The second kappa shape index (κ2) is 5.59. The number of hydrogen-bond acceptors (Lipinski definition) is 3. The van der Waals surface area contributed by atoms with Crippen molar-refractivity contribution < 1.29 is 14.3 Å². The number of nitrogens with zero attached hydrogens (tertiary/aromatic N) is 1. The lowest BCUT2D eigenvalue weighted by Gasteiger charge is -2.34. The summed E-state index contributed by atoms with van der Waals surface area (Å²) in [6.07, 6.45) is 3.84. The van der Waals surface area contributed by atoms with Crippen molar-refractivity contribution in [1.29, 1.82) is 0 Å². The average molecular weight is 299 g/mol. The highest BCUT2D eigenvalue weighted by atomic mass is 16.5. The van der Waals surface area contributed by atoms with Crippen LogP contribution in [0.15, 0.2) is 35.9 Å². The number of rotatable bonds is 2. The summed E-state index contributed by atoms with van der Waals surface area (Å²) in [6.45, 7) is 4.99. The van der Waals surface area contributed by atoms with Crippen molar-refractivity contribution in [3.63, 3.8) is 0 Å². The Morgan fingerprint density at radius 1 is 1.41 bits per heavy atom. The van der Waals surface area contributed by atoms with Gasteiger partial charge in [-0.3, -0.25) is 9.59 Å². The van der Waals surface area contributed by atoms with E-state index >= 15 is 0 Å². The Labute approximate surface area is 130 Å². The minimum Gasteiger partial charge on any atom is -0.484 e. The van der Waals surface area contributed by atoms with Crippen molar-refractivity contribution in [2.75, 3.05) is 13.1 Å². The van der Waals surface area contributed by atoms with Crippen LogP contribution in [-0.2, 0) is 4.79 Å². The number of benzene rings is 1. The molecule has 1 saturated heterocycles. The molecule has 3 rings (SSSR count). The van der Waals surface area contributed by atoms with E-state index in [2.05, 4.69) is 0 Å². The summed E-state index contributed by atoms with van der Waals surface area (Å²) in [7, 11) is 0. The first kappa shape index (κ1) is 14.8. The van der Waals surface area contributed by atoms with Gasteiger partial charge in [0, 0.05) is 18.5 Å². The maximum atomic E-state index is 12.4. The Morgan fingerprint density at radius 3 is 2.95 bits per heavy atom. The van der Waals surface area contributed by atoms with E-state index < -0.39 is 5.60 Å². The van der Waals surface area contributed by atoms with Gasteiger partial charge in [-0.15, -0.1) is 0 Å². The van der Waals surface area contributed by atoms with Crippen molar-refractivity contribution in [2.24, 2.45) is 0 Å². The molecule has 1 aromatic carbocycles. The first-order valence-electron chi connectivity index (χ1n) is 7.82. The fraction of sp³-hybridized carbons (Fsp3) is 0.444. The zero-order valence-corrected chi connectivity index (χ0v) is 13.1. The zero-order chi connectivity index (χ0) is 15.7. The molecule has 1 fully saturated rings. The van der Waals surface area contributed by atoms with Gasteiger partial charge in [0.2, 0.25) is 5.91 Å². The molecular formula is C18H21NO3. The number of fused-ring (bicyclic) bond motifs is 1. The standard InChI is InChI=1S/C18H21NO3/c1-3-6-13(2)17(21)19-10-9-18(12-19)11-15(20)14-7-4-5-8-16(14)22-18/h4-8H,3,9-12H2,1-2H3/b13-6+. The minimum atomic E-state index is -0.548. The first-order valence-corrected chi connectivity index (χ1v) is 7.82. The van der Waals surface area contributed by atoms with E-state index in [1.807, 2.05) is 43.0 Å². The zero-order valence-electron chi connectivity index (χ0n) is 13.1. The van der Waals surface area contributed by atoms with Crippen LogP contribution in [0, 0.1) is 0 Å². The lowest BCUT2D eigenvalue weighted by atomic mass is 9.89. The van der Waals surface area contributed by atoms with Crippen molar-refractivity contribution in [3.05, 3.63) is 41.5 Å². The summed E-state index contributed by atoms with van der Waals surface area (Å²) in [4.78, 5) is 26.6. The highest BCUT2D eigenvalue weighted by molar-refractivity contribution is 6.00. The third kappa shape index (κ3) is 2.54. The number of amides is 1. The summed E-state index contributed by atoms with van der Waals surface area (Å²) in [5, 5.41) is 0. The van der Waals surface area contributed by atoms with Crippen molar-refractivity contribution in [2.45, 2.75) is 38.7 Å². The van der Waals surface area contributed by atoms with Crippen LogP contribution in [0.3, 0.4) is 0 Å². The highest BCUT2D eigenvalue weighted by Crippen LogP contribution is 2.38. The van der Waals surface area contributed by atoms with Crippen LogP contribution in [0.2, 0.25) is 0 Å². The Hall–Kier alpha value is -2.10. The van der Waals surface area contributed by atoms with Gasteiger partial charge in [0.1, 0.15) is 11.4 Å². The lowest BCUT2D eigenvalue weighted by Crippen LogP contribution is -2.45. The summed E-state index contributed by atoms with van der Waals surface area (Å²) in [5.41, 5.74) is 0.871. The topological polar surface area (TPSA) is 46.6 Å². The third-order valence-corrected chi connectivity index (χ3v) is 4.45. The molecule has 0 bridgehead atoms. The quantitative estimate of drug-likeness (QED) is 0.789. The fourth-order valence-electron chi connectivity index (χ4n) is 3.33. The van der Waals surface area contributed by atoms with E-state index in [1.165, 1.54) is 0 Å². The van der Waals surface area contributed by atoms with Crippen molar-refractivity contribution in [3.8, 4) is 5.75 Å². The van der Waals surface area contributed by atoms with E-state index in [0.29, 0.717) is 37.2 Å². The van der Waals surface area contributed by atoms with Gasteiger partial charge in [-0.25, -0.2) is 0 Å². The van der Waals surface area contributed by atoms with Gasteiger partial charge in [-0.2, -0.15) is 0 Å². The van der Waals surface area contributed by atoms with Gasteiger partial charge in [0.25, 0.3) is 0 Å². The molecule has 0 N–H and O–H groups in total. The summed E-state index contributed by atoms with van der Waals surface area (Å²) in [5.74, 6) is 0.805. The van der Waals surface area contributed by atoms with Crippen LogP contribution >= 0.6 is 0 Å². The summed E-state index contributed by atoms with van der Waals surface area (Å²) < 4.78 is 6.14. The minimum absolute atomic E-state index is 0.0497. The monoisotopic (exact) mass is 299 g/mol. The van der Waals surface area contributed by atoms with Gasteiger partial charge >= 0.3 is 0 Å². The second-order valence-corrected chi connectivity index (χ2v) is 6.15. The van der Waals surface area contributed by atoms with Gasteiger partial charge in [0.05, 0.1) is 18.5 Å². The van der Waals surface area contributed by atoms with E-state index in [0.717, 1.165) is 12.0 Å². The van der Waals surface area contributed by atoms with E-state index in [-0.39, 0.29) is 11.7 Å². The van der Waals surface area contributed by atoms with Crippen LogP contribution in [0.25, 0.3) is 0 Å².